The van der Waals surface area contributed by atoms with E-state index in [2.05, 4.69) is 82.5 Å². The smallest absolute Gasteiger partial charge is 0.232 e. The van der Waals surface area contributed by atoms with Gasteiger partial charge in [-0.1, -0.05) is 528 Å². The Kier molecular flexibility index (Phi) is 75.5. The Morgan fingerprint density at radius 1 is 0.205 bits per heavy atom. The summed E-state index contributed by atoms with van der Waals surface area (Å²) in [6, 6.07) is 19.5. The van der Waals surface area contributed by atoms with Gasteiger partial charge in [-0.2, -0.15) is 15.0 Å². The molecular weight excluding hydrogens is 1500 g/mol. The Labute approximate surface area is 755 Å². The summed E-state index contributed by atoms with van der Waals surface area (Å²) >= 11 is 0. The number of hydrogen-bond donors (Lipinski definition) is 2. The topological polar surface area (TPSA) is 118 Å². The Hall–Kier alpha value is -4.93. The van der Waals surface area contributed by atoms with Crippen molar-refractivity contribution in [1.29, 1.82) is 0 Å². The minimum absolute atomic E-state index is 0.395. The monoisotopic (exact) mass is 1700 g/mol. The molecule has 0 fully saturated rings. The van der Waals surface area contributed by atoms with Gasteiger partial charge < -0.3 is 39.1 Å². The lowest BCUT2D eigenvalue weighted by atomic mass is 10.0. The Balaban J connectivity index is 1.68. The third-order valence-corrected chi connectivity index (χ3v) is 25.2. The maximum atomic E-state index is 6.96. The zero-order valence-corrected chi connectivity index (χ0v) is 81.3. The second-order valence-corrected chi connectivity index (χ2v) is 37.0. The van der Waals surface area contributed by atoms with Crippen LogP contribution in [0.3, 0.4) is 0 Å². The van der Waals surface area contributed by atoms with Crippen LogP contribution in [0, 0.1) is 6.07 Å². The zero-order valence-electron chi connectivity index (χ0n) is 81.3. The van der Waals surface area contributed by atoms with Gasteiger partial charge in [0.25, 0.3) is 0 Å². The van der Waals surface area contributed by atoms with Crippen LogP contribution in [0.2, 0.25) is 0 Å². The van der Waals surface area contributed by atoms with Gasteiger partial charge in [-0.15, -0.1) is 0 Å². The third kappa shape index (κ3) is 62.3. The number of ether oxygens (including phenoxy) is 6. The molecular formula is C111H196N5O6. The van der Waals surface area contributed by atoms with Crippen molar-refractivity contribution in [3.05, 3.63) is 54.6 Å². The van der Waals surface area contributed by atoms with E-state index in [4.69, 9.17) is 43.4 Å². The van der Waals surface area contributed by atoms with E-state index in [-0.39, 0.29) is 0 Å². The summed E-state index contributed by atoms with van der Waals surface area (Å²) < 4.78 is 41.7. The lowest BCUT2D eigenvalue weighted by Gasteiger charge is -2.20. The second-order valence-electron chi connectivity index (χ2n) is 37.0. The number of hydrogen-bond acceptors (Lipinski definition) is 11. The lowest BCUT2D eigenvalue weighted by molar-refractivity contribution is 0.234. The molecule has 0 unspecified atom stereocenters. The summed E-state index contributed by atoms with van der Waals surface area (Å²) in [5.74, 6) is 5.52. The number of unbranched alkanes of at least 4 members (excludes halogenated alkanes) is 72. The molecule has 0 bridgehead atoms. The summed E-state index contributed by atoms with van der Waals surface area (Å²) in [5.41, 5.74) is 2.39. The van der Waals surface area contributed by atoms with Crippen molar-refractivity contribution < 1.29 is 28.4 Å². The van der Waals surface area contributed by atoms with Crippen LogP contribution in [0.25, 0.3) is 11.4 Å². The molecule has 0 aliphatic rings. The molecule has 0 saturated carbocycles. The molecule has 4 rings (SSSR count). The van der Waals surface area contributed by atoms with Crippen molar-refractivity contribution in [2.24, 2.45) is 0 Å². The number of rotatable bonds is 95. The molecule has 11 heteroatoms. The molecule has 3 aromatic carbocycles. The van der Waals surface area contributed by atoms with Gasteiger partial charge in [0.1, 0.15) is 0 Å². The number of nitrogens with zero attached hydrogens (tertiary/aromatic N) is 3. The van der Waals surface area contributed by atoms with Crippen LogP contribution in [-0.2, 0) is 0 Å². The molecule has 0 aliphatic carbocycles. The van der Waals surface area contributed by atoms with Crippen molar-refractivity contribution in [3.63, 3.8) is 0 Å². The summed E-state index contributed by atoms with van der Waals surface area (Å²) in [5, 5.41) is 7.42. The first-order valence-corrected chi connectivity index (χ1v) is 53.9. The Morgan fingerprint density at radius 3 is 0.549 bits per heavy atom. The average Bonchev–Trinajstić information content (AvgIpc) is 0.806. The van der Waals surface area contributed by atoms with Crippen molar-refractivity contribution in [1.82, 2.24) is 15.0 Å². The number of benzene rings is 3. The molecule has 2 N–H and O–H groups in total. The molecule has 0 amide bonds. The van der Waals surface area contributed by atoms with E-state index in [9.17, 15) is 0 Å². The molecule has 122 heavy (non-hydrogen) atoms. The molecule has 0 atom stereocenters. The highest BCUT2D eigenvalue weighted by atomic mass is 16.5. The quantitative estimate of drug-likeness (QED) is 0.0412. The van der Waals surface area contributed by atoms with Crippen LogP contribution in [0.5, 0.6) is 34.5 Å². The van der Waals surface area contributed by atoms with Crippen molar-refractivity contribution in [3.8, 4) is 45.9 Å². The van der Waals surface area contributed by atoms with Crippen molar-refractivity contribution in [2.75, 3.05) is 50.3 Å². The summed E-state index contributed by atoms with van der Waals surface area (Å²) in [6.07, 6.45) is 102. The van der Waals surface area contributed by atoms with Gasteiger partial charge in [0.05, 0.1) is 39.6 Å². The molecule has 1 aromatic heterocycles. The van der Waals surface area contributed by atoms with E-state index in [1.54, 1.807) is 0 Å². The number of aromatic nitrogens is 3. The highest BCUT2D eigenvalue weighted by molar-refractivity contribution is 5.70. The molecule has 1 heterocycles. The Bertz CT molecular complexity index is 2600. The second kappa shape index (κ2) is 84.2. The maximum absolute atomic E-state index is 6.96. The summed E-state index contributed by atoms with van der Waals surface area (Å²) in [7, 11) is 0. The minimum Gasteiger partial charge on any atom is -0.489 e. The van der Waals surface area contributed by atoms with Gasteiger partial charge in [-0.25, -0.2) is 0 Å². The fraction of sp³-hybridized carbons (Fsp3) is 0.811. The SMILES string of the molecule is CCCCCCCCCCCCCCCOc1cc(Nc2nc(Nc3cc(OCCCCCCCCCCCCCCC)c(OCCCCCCCCCCCCCCC)c(OCCCCCCCCCCCCCCC)c3)nc(-c3cc[c]cc3)n2)cc(OCCCCCCCCCCCCCCC)c1OCCCCCCCCCCCCCCC. The number of nitrogens with one attached hydrogen (secondary N) is 2. The Morgan fingerprint density at radius 2 is 0.369 bits per heavy atom. The van der Waals surface area contributed by atoms with Crippen LogP contribution in [0.15, 0.2) is 48.5 Å². The van der Waals surface area contributed by atoms with E-state index in [1.165, 1.54) is 424 Å². The average molecular weight is 1700 g/mol. The predicted octanol–water partition coefficient (Wildman–Crippen LogP) is 37.6. The van der Waals surface area contributed by atoms with E-state index < -0.39 is 0 Å². The standard InChI is InChI=1S/C111H196N5O6/c1-7-13-19-25-31-37-43-49-55-61-67-73-82-90-117-103-96-101(97-104(118-91-83-74-68-62-56-50-44-38-32-26-20-14-8-2)107(103)121-94-86-77-71-65-59-53-47-41-35-29-23-17-11-5)112-110-114-109(100-88-80-79-81-89-100)115-111(116-110)113-102-98-105(119-92-84-75-69-63-57-51-45-39-33-27-21-15-9-3)108(122-95-87-78-72-66-60-54-48-42-36-30-24-18-12-6)106(99-102)120-93-85-76-70-64-58-52-46-40-34-28-22-16-10-4/h80-81,88-89,96-99H,7-78,82-87,90-95H2,1-6H3,(H2,112,113,114,115,116). The van der Waals surface area contributed by atoms with E-state index in [1.807, 2.05) is 24.3 Å². The molecule has 0 saturated heterocycles. The van der Waals surface area contributed by atoms with E-state index >= 15 is 0 Å². The molecule has 701 valence electrons. The number of anilines is 4. The van der Waals surface area contributed by atoms with Gasteiger partial charge >= 0.3 is 0 Å². The largest absolute Gasteiger partial charge is 0.489 e. The highest BCUT2D eigenvalue weighted by Crippen LogP contribution is 2.44. The van der Waals surface area contributed by atoms with Crippen LogP contribution in [0.4, 0.5) is 23.3 Å². The molecule has 0 spiro atoms. The van der Waals surface area contributed by atoms with Gasteiger partial charge in [-0.05, 0) is 44.6 Å². The van der Waals surface area contributed by atoms with Crippen LogP contribution in [0.1, 0.15) is 542 Å². The molecule has 0 aliphatic heterocycles. The molecule has 1 radical (unpaired) electrons. The van der Waals surface area contributed by atoms with Gasteiger partial charge in [0, 0.05) is 41.2 Å². The fourth-order valence-corrected chi connectivity index (χ4v) is 17.2. The fourth-order valence-electron chi connectivity index (χ4n) is 17.2. The van der Waals surface area contributed by atoms with E-state index in [0.29, 0.717) is 91.9 Å². The molecule has 11 nitrogen and oxygen atoms in total. The van der Waals surface area contributed by atoms with Crippen molar-refractivity contribution in [2.45, 2.75) is 542 Å². The minimum atomic E-state index is 0.395. The van der Waals surface area contributed by atoms with Gasteiger partial charge in [-0.3, -0.25) is 0 Å². The van der Waals surface area contributed by atoms with Crippen LogP contribution in [-0.4, -0.2) is 54.6 Å². The van der Waals surface area contributed by atoms with Gasteiger partial charge in [0.15, 0.2) is 28.8 Å². The molecule has 4 aromatic rings. The maximum Gasteiger partial charge on any atom is 0.232 e. The van der Waals surface area contributed by atoms with Gasteiger partial charge in [0.2, 0.25) is 23.4 Å². The van der Waals surface area contributed by atoms with E-state index in [0.717, 1.165) is 94.0 Å². The summed E-state index contributed by atoms with van der Waals surface area (Å²) in [4.78, 5) is 15.6. The van der Waals surface area contributed by atoms with Crippen LogP contribution >= 0.6 is 0 Å². The normalized spacial score (nSPS) is 11.5. The van der Waals surface area contributed by atoms with Crippen LogP contribution < -0.4 is 39.1 Å². The van der Waals surface area contributed by atoms with Crippen molar-refractivity contribution >= 4 is 23.3 Å². The third-order valence-electron chi connectivity index (χ3n) is 25.2. The first-order valence-electron chi connectivity index (χ1n) is 53.9. The summed E-state index contributed by atoms with van der Waals surface area (Å²) in [6.45, 7) is 17.5. The zero-order chi connectivity index (χ0) is 86.5. The highest BCUT2D eigenvalue weighted by Gasteiger charge is 2.22. The lowest BCUT2D eigenvalue weighted by Crippen LogP contribution is -2.09. The predicted molar refractivity (Wildman–Crippen MR) is 531 cm³/mol. The first kappa shape index (κ1) is 109. The first-order chi connectivity index (χ1) is 60.5.